The van der Waals surface area contributed by atoms with Crippen LogP contribution in [0.15, 0.2) is 59.8 Å². The van der Waals surface area contributed by atoms with Crippen LogP contribution in [0.5, 0.6) is 0 Å². The quantitative estimate of drug-likeness (QED) is 0.285. The second-order valence-electron chi connectivity index (χ2n) is 15.7. The molecule has 0 aliphatic heterocycles. The molecule has 0 N–H and O–H groups in total. The molecule has 4 heteroatoms. The second kappa shape index (κ2) is 9.44. The van der Waals surface area contributed by atoms with E-state index in [4.69, 9.17) is 0 Å². The molecule has 0 saturated heterocycles. The van der Waals surface area contributed by atoms with Crippen molar-refractivity contribution in [3.63, 3.8) is 0 Å². The number of allylic oxidation sites excluding steroid dienone is 10. The fourth-order valence-corrected chi connectivity index (χ4v) is 11.3. The molecule has 0 spiro atoms. The summed E-state index contributed by atoms with van der Waals surface area (Å²) in [6.45, 7) is 8.98. The van der Waals surface area contributed by atoms with Gasteiger partial charge < -0.3 is 0 Å². The number of carbonyl (C=O) groups is 4. The number of carbonyl (C=O) groups excluding carboxylic acids is 4. The van der Waals surface area contributed by atoms with Crippen LogP contribution in [0.3, 0.4) is 0 Å². The fraction of sp³-hybridized carbons (Fsp3) is 0.632. The van der Waals surface area contributed by atoms with Crippen molar-refractivity contribution < 1.29 is 19.2 Å². The van der Waals surface area contributed by atoms with Crippen LogP contribution in [0.1, 0.15) is 91.9 Å². The molecule has 8 aliphatic carbocycles. The summed E-state index contributed by atoms with van der Waals surface area (Å²) in [5.74, 6) is 4.62. The van der Waals surface area contributed by atoms with Gasteiger partial charge in [-0.2, -0.15) is 0 Å². The predicted octanol–water partition coefficient (Wildman–Crippen LogP) is 7.50. The molecule has 10 atom stereocenters. The van der Waals surface area contributed by atoms with Crippen molar-refractivity contribution in [3.05, 3.63) is 59.8 Å². The first-order valence-corrected chi connectivity index (χ1v) is 16.5. The first-order valence-electron chi connectivity index (χ1n) is 16.5. The van der Waals surface area contributed by atoms with Gasteiger partial charge in [-0.1, -0.05) is 63.6 Å². The van der Waals surface area contributed by atoms with Gasteiger partial charge in [0.1, 0.15) is 11.6 Å². The molecule has 4 saturated carbocycles. The highest BCUT2D eigenvalue weighted by Crippen LogP contribution is 2.63. The molecule has 0 aromatic carbocycles. The number of hydrogen-bond acceptors (Lipinski definition) is 4. The monoisotopic (exact) mass is 566 g/mol. The fourth-order valence-electron chi connectivity index (χ4n) is 11.3. The van der Waals surface area contributed by atoms with Crippen molar-refractivity contribution in [2.45, 2.75) is 91.9 Å². The standard InChI is InChI=1S/C19H24O2.C19H22O2/c2*1-18-9-7-13(20)11-12(18)3-4-14-15-5-6-17(21)19(15,2)10-8-16(14)18/h3,7,9,14-16H,4-6,8,10-11H2,1-2H3;3-4,7,9,11,14-16H,5-6,8,10H2,1-2H3/t2*14-,15-,16-,18-,19-/m00/s1. The summed E-state index contributed by atoms with van der Waals surface area (Å²) >= 11 is 0. The van der Waals surface area contributed by atoms with Crippen molar-refractivity contribution >= 4 is 23.1 Å². The van der Waals surface area contributed by atoms with E-state index in [1.165, 1.54) is 5.57 Å². The maximum absolute atomic E-state index is 12.3. The Balaban J connectivity index is 0.000000137. The minimum atomic E-state index is -0.0999. The predicted molar refractivity (Wildman–Crippen MR) is 163 cm³/mol. The number of Topliss-reactive ketones (excluding diaryl/α,β-unsaturated/α-hetero) is 2. The van der Waals surface area contributed by atoms with Crippen molar-refractivity contribution in [2.75, 3.05) is 0 Å². The van der Waals surface area contributed by atoms with Crippen LogP contribution in [0.4, 0.5) is 0 Å². The SMILES string of the molecule is C[C@]12C=CC(=O)C=C1C=C[C@@H]1[C@@H]2CC[C@]2(C)C(=O)CC[C@@H]12.C[C@]12C=CC(=O)CC1=CC[C@@H]1[C@@H]2CC[C@]2(C)C(=O)CC[C@@H]12. The van der Waals surface area contributed by atoms with Gasteiger partial charge in [-0.05, 0) is 104 Å². The van der Waals surface area contributed by atoms with E-state index < -0.39 is 0 Å². The summed E-state index contributed by atoms with van der Waals surface area (Å²) in [7, 11) is 0. The van der Waals surface area contributed by atoms with Crippen molar-refractivity contribution in [1.82, 2.24) is 0 Å². The minimum absolute atomic E-state index is 0.0275. The van der Waals surface area contributed by atoms with E-state index in [1.54, 1.807) is 18.2 Å². The van der Waals surface area contributed by atoms with Crippen LogP contribution >= 0.6 is 0 Å². The average Bonchev–Trinajstić information content (AvgIpc) is 3.44. The third kappa shape index (κ3) is 3.85. The van der Waals surface area contributed by atoms with Crippen molar-refractivity contribution in [1.29, 1.82) is 0 Å². The Morgan fingerprint density at radius 2 is 1.33 bits per heavy atom. The molecule has 8 aliphatic rings. The molecular formula is C38H46O4. The molecule has 0 aromatic heterocycles. The summed E-state index contributed by atoms with van der Waals surface area (Å²) in [6.07, 6.45) is 26.0. The largest absolute Gasteiger partial charge is 0.299 e. The molecule has 0 unspecified atom stereocenters. The first kappa shape index (κ1) is 28.2. The van der Waals surface area contributed by atoms with Gasteiger partial charge >= 0.3 is 0 Å². The Hall–Kier alpha value is -2.62. The topological polar surface area (TPSA) is 68.3 Å². The van der Waals surface area contributed by atoms with Gasteiger partial charge in [0.05, 0.1) is 0 Å². The Labute approximate surface area is 250 Å². The summed E-state index contributed by atoms with van der Waals surface area (Å²) in [5, 5.41) is 0. The molecule has 42 heavy (non-hydrogen) atoms. The van der Waals surface area contributed by atoms with E-state index in [0.717, 1.165) is 63.4 Å². The molecule has 0 amide bonds. The molecule has 4 nitrogen and oxygen atoms in total. The lowest BCUT2D eigenvalue weighted by Gasteiger charge is -2.54. The molecule has 4 fully saturated rings. The van der Waals surface area contributed by atoms with Crippen LogP contribution in [0.25, 0.3) is 0 Å². The first-order chi connectivity index (χ1) is 19.9. The summed E-state index contributed by atoms with van der Waals surface area (Å²) in [4.78, 5) is 48.0. The third-order valence-corrected chi connectivity index (χ3v) is 14.0. The van der Waals surface area contributed by atoms with Gasteiger partial charge in [0.15, 0.2) is 11.6 Å². The van der Waals surface area contributed by atoms with Crippen LogP contribution in [0.2, 0.25) is 0 Å². The molecule has 222 valence electrons. The van der Waals surface area contributed by atoms with Crippen molar-refractivity contribution in [3.8, 4) is 0 Å². The van der Waals surface area contributed by atoms with Crippen LogP contribution in [-0.4, -0.2) is 23.1 Å². The highest BCUT2D eigenvalue weighted by molar-refractivity contribution is 6.01. The van der Waals surface area contributed by atoms with Gasteiger partial charge in [-0.15, -0.1) is 0 Å². The van der Waals surface area contributed by atoms with E-state index in [9.17, 15) is 19.2 Å². The number of fused-ring (bicyclic) bond motifs is 10. The molecule has 0 heterocycles. The van der Waals surface area contributed by atoms with E-state index in [0.29, 0.717) is 53.5 Å². The zero-order valence-electron chi connectivity index (χ0n) is 25.8. The van der Waals surface area contributed by atoms with Gasteiger partial charge in [0, 0.05) is 40.9 Å². The number of ketones is 4. The molecular weight excluding hydrogens is 520 g/mol. The maximum Gasteiger partial charge on any atom is 0.178 e. The third-order valence-electron chi connectivity index (χ3n) is 14.0. The zero-order chi connectivity index (χ0) is 29.7. The lowest BCUT2D eigenvalue weighted by molar-refractivity contribution is -0.131. The zero-order valence-corrected chi connectivity index (χ0v) is 25.8. The Bertz CT molecular complexity index is 1420. The van der Waals surface area contributed by atoms with E-state index in [-0.39, 0.29) is 33.2 Å². The molecule has 0 bridgehead atoms. The van der Waals surface area contributed by atoms with E-state index in [1.807, 2.05) is 0 Å². The van der Waals surface area contributed by atoms with Crippen LogP contribution < -0.4 is 0 Å². The molecule has 0 radical (unpaired) electrons. The number of hydrogen-bond donors (Lipinski definition) is 0. The lowest BCUT2D eigenvalue weighted by Crippen LogP contribution is -2.49. The van der Waals surface area contributed by atoms with Crippen LogP contribution in [0, 0.1) is 57.2 Å². The Morgan fingerprint density at radius 1 is 0.690 bits per heavy atom. The Morgan fingerprint density at radius 3 is 2.07 bits per heavy atom. The van der Waals surface area contributed by atoms with Crippen LogP contribution in [-0.2, 0) is 19.2 Å². The number of rotatable bonds is 0. The second-order valence-corrected chi connectivity index (χ2v) is 15.7. The lowest BCUT2D eigenvalue weighted by atomic mass is 9.49. The van der Waals surface area contributed by atoms with Gasteiger partial charge in [0.25, 0.3) is 0 Å². The average molecular weight is 567 g/mol. The molecule has 8 rings (SSSR count). The highest BCUT2D eigenvalue weighted by Gasteiger charge is 2.59. The minimum Gasteiger partial charge on any atom is -0.299 e. The van der Waals surface area contributed by atoms with Crippen molar-refractivity contribution in [2.24, 2.45) is 57.2 Å². The summed E-state index contributed by atoms with van der Waals surface area (Å²) < 4.78 is 0. The summed E-state index contributed by atoms with van der Waals surface area (Å²) in [5.41, 5.74) is 2.37. The maximum atomic E-state index is 12.3. The van der Waals surface area contributed by atoms with Gasteiger partial charge in [0.2, 0.25) is 0 Å². The smallest absolute Gasteiger partial charge is 0.178 e. The molecule has 0 aromatic rings. The van der Waals surface area contributed by atoms with Gasteiger partial charge in [-0.25, -0.2) is 0 Å². The Kier molecular flexibility index (Phi) is 6.33. The highest BCUT2D eigenvalue weighted by atomic mass is 16.1. The van der Waals surface area contributed by atoms with E-state index >= 15 is 0 Å². The summed E-state index contributed by atoms with van der Waals surface area (Å²) in [6, 6.07) is 0. The van der Waals surface area contributed by atoms with E-state index in [2.05, 4.69) is 58.1 Å². The van der Waals surface area contributed by atoms with Gasteiger partial charge in [-0.3, -0.25) is 19.2 Å². The normalized spacial score (nSPS) is 48.1.